The summed E-state index contributed by atoms with van der Waals surface area (Å²) in [7, 11) is 0. The maximum Gasteiger partial charge on any atom is 0.218 e. The van der Waals surface area contributed by atoms with E-state index in [1.807, 2.05) is 24.5 Å². The van der Waals surface area contributed by atoms with Crippen LogP contribution in [-0.4, -0.2) is 34.3 Å². The van der Waals surface area contributed by atoms with Crippen LogP contribution >= 0.6 is 0 Å². The van der Waals surface area contributed by atoms with Gasteiger partial charge in [-0.15, -0.1) is 0 Å². The highest BCUT2D eigenvalue weighted by Gasteiger charge is 2.16. The molecule has 1 aromatic heterocycles. The van der Waals surface area contributed by atoms with Crippen molar-refractivity contribution in [2.24, 2.45) is 0 Å². The Kier molecular flexibility index (Phi) is 8.51. The van der Waals surface area contributed by atoms with Crippen LogP contribution in [-0.2, 0) is 13.0 Å². The van der Waals surface area contributed by atoms with Crippen molar-refractivity contribution in [1.82, 2.24) is 15.2 Å². The molecular weight excluding hydrogens is 452 g/mol. The quantitative estimate of drug-likeness (QED) is 0.351. The van der Waals surface area contributed by atoms with Gasteiger partial charge < -0.3 is 24.5 Å². The molecule has 184 valence electrons. The minimum atomic E-state index is -0.646. The van der Waals surface area contributed by atoms with Gasteiger partial charge >= 0.3 is 0 Å². The number of hydrogen-bond donors (Lipinski definition) is 2. The Labute approximate surface area is 203 Å². The van der Waals surface area contributed by atoms with E-state index in [2.05, 4.69) is 27.3 Å². The second-order valence-electron chi connectivity index (χ2n) is 8.28. The molecule has 8 heteroatoms. The number of rotatable bonds is 12. The summed E-state index contributed by atoms with van der Waals surface area (Å²) in [5.41, 5.74) is 1.68. The van der Waals surface area contributed by atoms with E-state index in [0.29, 0.717) is 12.1 Å². The van der Waals surface area contributed by atoms with Gasteiger partial charge in [-0.2, -0.15) is 0 Å². The summed E-state index contributed by atoms with van der Waals surface area (Å²) in [4.78, 5) is 6.50. The van der Waals surface area contributed by atoms with Crippen molar-refractivity contribution in [3.8, 4) is 5.75 Å². The van der Waals surface area contributed by atoms with Gasteiger partial charge in [0.1, 0.15) is 42.1 Å². The average molecular weight is 482 g/mol. The molecule has 4 rings (SSSR count). The normalized spacial score (nSPS) is 15.2. The summed E-state index contributed by atoms with van der Waals surface area (Å²) >= 11 is 0. The number of aromatic nitrogens is 1. The fraction of sp³-hybridized carbons (Fsp3) is 0.296. The van der Waals surface area contributed by atoms with E-state index in [0.717, 1.165) is 31.6 Å². The zero-order valence-electron chi connectivity index (χ0n) is 19.4. The van der Waals surface area contributed by atoms with E-state index in [1.165, 1.54) is 42.2 Å². The molecule has 0 fully saturated rings. The van der Waals surface area contributed by atoms with Gasteiger partial charge in [0.05, 0.1) is 0 Å². The van der Waals surface area contributed by atoms with Crippen molar-refractivity contribution in [2.45, 2.75) is 38.5 Å². The predicted octanol–water partition coefficient (Wildman–Crippen LogP) is 5.11. The molecule has 1 atom stereocenters. The fourth-order valence-corrected chi connectivity index (χ4v) is 3.87. The molecule has 0 bridgehead atoms. The highest BCUT2D eigenvalue weighted by molar-refractivity contribution is 5.66. The van der Waals surface area contributed by atoms with Crippen LogP contribution < -0.4 is 10.1 Å². The highest BCUT2D eigenvalue weighted by Crippen LogP contribution is 2.18. The smallest absolute Gasteiger partial charge is 0.218 e. The van der Waals surface area contributed by atoms with Crippen LogP contribution in [0.5, 0.6) is 5.75 Å². The third-order valence-electron chi connectivity index (χ3n) is 5.76. The first-order valence-corrected chi connectivity index (χ1v) is 11.7. The van der Waals surface area contributed by atoms with Crippen molar-refractivity contribution < 1.29 is 23.0 Å². The van der Waals surface area contributed by atoms with Crippen LogP contribution in [0.15, 0.2) is 65.5 Å². The number of aryl methyl sites for hydroxylation is 1. The van der Waals surface area contributed by atoms with Gasteiger partial charge in [-0.05, 0) is 55.2 Å². The largest absolute Gasteiger partial charge is 0.487 e. The lowest BCUT2D eigenvalue weighted by Gasteiger charge is -2.24. The number of unbranched alkanes of at least 4 members (excludes halogenated alkanes) is 1. The van der Waals surface area contributed by atoms with Crippen LogP contribution in [0.25, 0.3) is 12.2 Å². The van der Waals surface area contributed by atoms with E-state index in [4.69, 9.17) is 14.3 Å². The van der Waals surface area contributed by atoms with Crippen LogP contribution in [0, 0.1) is 11.6 Å². The second-order valence-corrected chi connectivity index (χ2v) is 8.28. The van der Waals surface area contributed by atoms with Gasteiger partial charge in [-0.1, -0.05) is 18.2 Å². The first-order chi connectivity index (χ1) is 17.1. The Morgan fingerprint density at radius 3 is 2.66 bits per heavy atom. The van der Waals surface area contributed by atoms with E-state index >= 15 is 0 Å². The van der Waals surface area contributed by atoms with Gasteiger partial charge in [-0.3, -0.25) is 0 Å². The number of aliphatic hydroxyl groups excluding tert-OH is 1. The van der Waals surface area contributed by atoms with Gasteiger partial charge in [0, 0.05) is 43.6 Å². The summed E-state index contributed by atoms with van der Waals surface area (Å²) in [5, 5.41) is 12.4. The first kappa shape index (κ1) is 24.5. The fourth-order valence-electron chi connectivity index (χ4n) is 3.87. The van der Waals surface area contributed by atoms with Crippen LogP contribution in [0.2, 0.25) is 0 Å². The maximum atomic E-state index is 13.7. The molecule has 2 aromatic carbocycles. The summed E-state index contributed by atoms with van der Waals surface area (Å²) in [5.74, 6) is -0.327. The molecule has 1 unspecified atom stereocenters. The van der Waals surface area contributed by atoms with Crippen molar-refractivity contribution in [3.63, 3.8) is 0 Å². The number of ether oxygens (including phenoxy) is 1. The minimum absolute atomic E-state index is 0.139. The van der Waals surface area contributed by atoms with E-state index in [9.17, 15) is 8.78 Å². The van der Waals surface area contributed by atoms with Crippen LogP contribution in [0.1, 0.15) is 42.0 Å². The van der Waals surface area contributed by atoms with Crippen LogP contribution in [0.3, 0.4) is 0 Å². The zero-order chi connectivity index (χ0) is 24.5. The molecule has 0 aliphatic carbocycles. The third-order valence-corrected chi connectivity index (χ3v) is 5.76. The number of benzene rings is 2. The van der Waals surface area contributed by atoms with E-state index in [-0.39, 0.29) is 30.8 Å². The van der Waals surface area contributed by atoms with Gasteiger partial charge in [0.15, 0.2) is 0 Å². The highest BCUT2D eigenvalue weighted by atomic mass is 19.1. The lowest BCUT2D eigenvalue weighted by molar-refractivity contribution is 0.201. The molecule has 0 saturated carbocycles. The first-order valence-electron chi connectivity index (χ1n) is 11.7. The molecule has 2 N–H and O–H groups in total. The Morgan fingerprint density at radius 2 is 1.89 bits per heavy atom. The Hall–Kier alpha value is -3.65. The molecular formula is C27H29F2N3O3. The van der Waals surface area contributed by atoms with Gasteiger partial charge in [0.2, 0.25) is 5.89 Å². The monoisotopic (exact) mass is 481 g/mol. The summed E-state index contributed by atoms with van der Waals surface area (Å²) < 4.78 is 38.5. The molecule has 35 heavy (non-hydrogen) atoms. The number of nitrogens with zero attached hydrogens (tertiary/aromatic N) is 2. The van der Waals surface area contributed by atoms with E-state index < -0.39 is 11.6 Å². The topological polar surface area (TPSA) is 70.8 Å². The van der Waals surface area contributed by atoms with Crippen molar-refractivity contribution in [3.05, 3.63) is 95.5 Å². The second kappa shape index (κ2) is 12.2. The number of nitrogens with one attached hydrogen (secondary N) is 1. The molecule has 1 aliphatic heterocycles. The lowest BCUT2D eigenvalue weighted by atomic mass is 10.1. The van der Waals surface area contributed by atoms with Gasteiger partial charge in [0.25, 0.3) is 0 Å². The Morgan fingerprint density at radius 1 is 1.09 bits per heavy atom. The molecule has 0 saturated heterocycles. The lowest BCUT2D eigenvalue weighted by Crippen LogP contribution is -2.36. The van der Waals surface area contributed by atoms with Crippen molar-refractivity contribution in [1.29, 1.82) is 0 Å². The van der Waals surface area contributed by atoms with Crippen LogP contribution in [0.4, 0.5) is 8.78 Å². The SMILES string of the molecule is OCCC1NC=CN1CCCCc1ccc(OCc2coc(/C=C/c3c(F)cccc3F)n2)cc1. The maximum absolute atomic E-state index is 13.7. The Bertz CT molecular complexity index is 1120. The van der Waals surface area contributed by atoms with Gasteiger partial charge in [-0.25, -0.2) is 13.8 Å². The summed E-state index contributed by atoms with van der Waals surface area (Å²) in [6, 6.07) is 11.7. The number of halogens is 2. The Balaban J connectivity index is 1.19. The van der Waals surface area contributed by atoms with Crippen molar-refractivity contribution in [2.75, 3.05) is 13.2 Å². The summed E-state index contributed by atoms with van der Waals surface area (Å²) in [6.07, 6.45) is 12.2. The molecule has 3 aromatic rings. The molecule has 0 radical (unpaired) electrons. The zero-order valence-corrected chi connectivity index (χ0v) is 19.4. The molecule has 0 amide bonds. The minimum Gasteiger partial charge on any atom is -0.487 e. The average Bonchev–Trinajstić information content (AvgIpc) is 3.50. The third kappa shape index (κ3) is 6.93. The van der Waals surface area contributed by atoms with E-state index in [1.54, 1.807) is 0 Å². The summed E-state index contributed by atoms with van der Waals surface area (Å²) in [6.45, 7) is 1.35. The molecule has 6 nitrogen and oxygen atoms in total. The molecule has 1 aliphatic rings. The number of aliphatic hydroxyl groups is 1. The predicted molar refractivity (Wildman–Crippen MR) is 130 cm³/mol. The standard InChI is InChI=1S/C27H29F2N3O3/c28-24-5-3-6-25(29)23(24)11-12-27-31-21(19-35-27)18-34-22-9-7-20(8-10-22)4-1-2-15-32-16-14-30-26(32)13-17-33/h3,5-12,14,16,19,26,30,33H,1-2,4,13,15,17-18H2/b12-11+. The number of oxazole rings is 1. The van der Waals surface area contributed by atoms with Crippen molar-refractivity contribution >= 4 is 12.2 Å². The molecule has 2 heterocycles. The number of hydrogen-bond acceptors (Lipinski definition) is 6. The molecule has 0 spiro atoms.